The second-order valence-corrected chi connectivity index (χ2v) is 18.4. The Bertz CT molecular complexity index is 234. The molecule has 0 nitrogen and oxygen atoms in total. The maximum atomic E-state index is 2.50. The van der Waals surface area contributed by atoms with Crippen LogP contribution in [0.1, 0.15) is 53.9 Å². The summed E-state index contributed by atoms with van der Waals surface area (Å²) in [6.07, 6.45) is 21.3. The lowest BCUT2D eigenvalue weighted by atomic mass is 10.5. The summed E-state index contributed by atoms with van der Waals surface area (Å²) >= 11 is 0. The van der Waals surface area contributed by atoms with Crippen molar-refractivity contribution in [2.45, 2.75) is 53.9 Å². The van der Waals surface area contributed by atoms with Gasteiger partial charge < -0.3 is 0 Å². The number of hydrogen-bond donors (Lipinski definition) is 0. The second-order valence-electron chi connectivity index (χ2n) is 6.85. The molecular formula is C20H46P4. The van der Waals surface area contributed by atoms with Crippen molar-refractivity contribution in [3.63, 3.8) is 0 Å². The van der Waals surface area contributed by atoms with E-state index in [-0.39, 0.29) is 0 Å². The van der Waals surface area contributed by atoms with E-state index >= 15 is 0 Å². The van der Waals surface area contributed by atoms with Gasteiger partial charge in [-0.25, -0.2) is 0 Å². The molecule has 0 aromatic carbocycles. The highest BCUT2D eigenvalue weighted by Crippen LogP contribution is 2.44. The summed E-state index contributed by atoms with van der Waals surface area (Å²) in [7, 11) is 1.46. The van der Waals surface area contributed by atoms with E-state index < -0.39 is 0 Å². The highest BCUT2D eigenvalue weighted by Gasteiger charge is 2.11. The molecule has 0 aliphatic carbocycles. The zero-order valence-electron chi connectivity index (χ0n) is 17.7. The van der Waals surface area contributed by atoms with E-state index in [1.54, 1.807) is 43.7 Å². The Morgan fingerprint density at radius 3 is 1.08 bits per heavy atom. The van der Waals surface area contributed by atoms with E-state index in [0.717, 1.165) is 0 Å². The van der Waals surface area contributed by atoms with E-state index in [1.807, 2.05) is 0 Å². The molecule has 24 heavy (non-hydrogen) atoms. The monoisotopic (exact) mass is 410 g/mol. The second kappa shape index (κ2) is 18.1. The van der Waals surface area contributed by atoms with Crippen LogP contribution in [0.4, 0.5) is 0 Å². The summed E-state index contributed by atoms with van der Waals surface area (Å²) in [5.74, 6) is 0. The molecule has 0 rings (SSSR count). The molecule has 1 atom stereocenters. The molecule has 146 valence electrons. The minimum Gasteiger partial charge on any atom is -0.110 e. The Kier molecular flexibility index (Phi) is 19.4. The quantitative estimate of drug-likeness (QED) is 0.215. The summed E-state index contributed by atoms with van der Waals surface area (Å²) in [6.45, 7) is 14.5. The van der Waals surface area contributed by atoms with Gasteiger partial charge in [0.1, 0.15) is 0 Å². The summed E-state index contributed by atoms with van der Waals surface area (Å²) in [5.41, 5.74) is 0. The van der Waals surface area contributed by atoms with Crippen LogP contribution in [0, 0.1) is 0 Å². The third-order valence-corrected chi connectivity index (χ3v) is 15.7. The average Bonchev–Trinajstić information content (AvgIpc) is 2.61. The molecule has 0 amide bonds. The van der Waals surface area contributed by atoms with Gasteiger partial charge in [-0.3, -0.25) is 0 Å². The zero-order chi connectivity index (χ0) is 18.2. The Morgan fingerprint density at radius 2 is 0.750 bits per heavy atom. The molecule has 0 fully saturated rings. The van der Waals surface area contributed by atoms with Crippen LogP contribution in [0.2, 0.25) is 0 Å². The molecule has 0 saturated heterocycles. The smallest absolute Gasteiger partial charge is 0.0323 e. The van der Waals surface area contributed by atoms with Gasteiger partial charge in [0.25, 0.3) is 0 Å². The summed E-state index contributed by atoms with van der Waals surface area (Å²) in [6, 6.07) is 0. The van der Waals surface area contributed by atoms with Crippen LogP contribution < -0.4 is 0 Å². The molecule has 0 spiro atoms. The molecular weight excluding hydrogens is 364 g/mol. The molecule has 0 saturated carbocycles. The van der Waals surface area contributed by atoms with Crippen LogP contribution >= 0.6 is 31.7 Å². The lowest BCUT2D eigenvalue weighted by molar-refractivity contribution is 1.02. The Morgan fingerprint density at radius 1 is 0.417 bits per heavy atom. The van der Waals surface area contributed by atoms with Crippen LogP contribution in [0.15, 0.2) is 0 Å². The fraction of sp³-hybridized carbons (Fsp3) is 1.00. The van der Waals surface area contributed by atoms with Crippen molar-refractivity contribution < 1.29 is 0 Å². The van der Waals surface area contributed by atoms with E-state index in [0.29, 0.717) is 31.7 Å². The van der Waals surface area contributed by atoms with Gasteiger partial charge in [0.2, 0.25) is 0 Å². The SMILES string of the molecule is CCP(C)CCCP(CCCP(CC)CC)CCCP(CC)CC. The predicted octanol–water partition coefficient (Wildman–Crippen LogP) is 7.81. The van der Waals surface area contributed by atoms with Crippen molar-refractivity contribution in [3.05, 3.63) is 0 Å². The first-order valence-corrected chi connectivity index (χ1v) is 18.3. The Balaban J connectivity index is 4.16. The molecule has 4 heteroatoms. The standard InChI is InChI=1S/C20H46P4/c1-7-21(6)15-12-18-24(19-13-16-22(8-2)9-3)20-14-17-23(10-4)11-5/h7-20H2,1-6H3. The molecule has 0 aromatic rings. The van der Waals surface area contributed by atoms with Crippen LogP contribution in [0.25, 0.3) is 0 Å². The average molecular weight is 410 g/mol. The van der Waals surface area contributed by atoms with Crippen LogP contribution in [-0.4, -0.2) is 74.4 Å². The van der Waals surface area contributed by atoms with Crippen molar-refractivity contribution in [2.24, 2.45) is 0 Å². The lowest BCUT2D eigenvalue weighted by Gasteiger charge is -2.22. The van der Waals surface area contributed by atoms with Gasteiger partial charge in [0.15, 0.2) is 0 Å². The first-order valence-electron chi connectivity index (χ1n) is 10.5. The van der Waals surface area contributed by atoms with Gasteiger partial charge in [0.05, 0.1) is 0 Å². The van der Waals surface area contributed by atoms with Crippen LogP contribution in [0.5, 0.6) is 0 Å². The molecule has 0 radical (unpaired) electrons. The van der Waals surface area contributed by atoms with Gasteiger partial charge in [-0.15, -0.1) is 31.7 Å². The van der Waals surface area contributed by atoms with E-state index in [1.165, 1.54) is 43.4 Å². The fourth-order valence-corrected chi connectivity index (χ4v) is 10.8. The minimum absolute atomic E-state index is 0.351. The van der Waals surface area contributed by atoms with Crippen LogP contribution in [-0.2, 0) is 0 Å². The molecule has 0 aliphatic heterocycles. The molecule has 0 aromatic heterocycles. The normalized spacial score (nSPS) is 13.4. The maximum Gasteiger partial charge on any atom is -0.0323 e. The Hall–Kier alpha value is 1.72. The third kappa shape index (κ3) is 13.9. The maximum absolute atomic E-state index is 2.50. The highest BCUT2D eigenvalue weighted by atomic mass is 31.1. The fourth-order valence-electron chi connectivity index (χ4n) is 3.17. The lowest BCUT2D eigenvalue weighted by Crippen LogP contribution is -2.02. The van der Waals surface area contributed by atoms with Crippen LogP contribution in [0.3, 0.4) is 0 Å². The van der Waals surface area contributed by atoms with E-state index in [9.17, 15) is 0 Å². The highest BCUT2D eigenvalue weighted by molar-refractivity contribution is 7.59. The summed E-state index contributed by atoms with van der Waals surface area (Å²) in [4.78, 5) is 0. The van der Waals surface area contributed by atoms with Gasteiger partial charge >= 0.3 is 0 Å². The van der Waals surface area contributed by atoms with Crippen molar-refractivity contribution in [1.82, 2.24) is 0 Å². The molecule has 1 unspecified atom stereocenters. The molecule has 0 N–H and O–H groups in total. The van der Waals surface area contributed by atoms with E-state index in [4.69, 9.17) is 0 Å². The van der Waals surface area contributed by atoms with Gasteiger partial charge in [-0.05, 0) is 93.7 Å². The number of rotatable bonds is 17. The first kappa shape index (κ1) is 25.7. The summed E-state index contributed by atoms with van der Waals surface area (Å²) in [5, 5.41) is 0. The number of hydrogen-bond acceptors (Lipinski definition) is 0. The van der Waals surface area contributed by atoms with Gasteiger partial charge in [-0.1, -0.05) is 34.6 Å². The van der Waals surface area contributed by atoms with Crippen molar-refractivity contribution in [3.8, 4) is 0 Å². The van der Waals surface area contributed by atoms with Gasteiger partial charge in [0, 0.05) is 0 Å². The van der Waals surface area contributed by atoms with Crippen molar-refractivity contribution in [2.75, 3.05) is 74.4 Å². The molecule has 0 aliphatic rings. The van der Waals surface area contributed by atoms with Crippen molar-refractivity contribution in [1.29, 1.82) is 0 Å². The predicted molar refractivity (Wildman–Crippen MR) is 129 cm³/mol. The molecule has 0 heterocycles. The molecule has 0 bridgehead atoms. The third-order valence-electron chi connectivity index (χ3n) is 5.24. The van der Waals surface area contributed by atoms with Crippen molar-refractivity contribution >= 4 is 31.7 Å². The topological polar surface area (TPSA) is 0 Å². The van der Waals surface area contributed by atoms with Gasteiger partial charge in [-0.2, -0.15) is 0 Å². The van der Waals surface area contributed by atoms with E-state index in [2.05, 4.69) is 41.3 Å². The first-order chi connectivity index (χ1) is 11.6. The Labute approximate surface area is 160 Å². The minimum atomic E-state index is 0.351. The largest absolute Gasteiger partial charge is 0.110 e. The summed E-state index contributed by atoms with van der Waals surface area (Å²) < 4.78 is 0. The zero-order valence-corrected chi connectivity index (χ0v) is 21.3.